The molecular formula is C27H33FN2O8. The Balaban J connectivity index is 1.80. The van der Waals surface area contributed by atoms with E-state index >= 15 is 0 Å². The van der Waals surface area contributed by atoms with Crippen LogP contribution in [-0.2, 0) is 30.2 Å². The lowest BCUT2D eigenvalue weighted by Gasteiger charge is -2.31. The summed E-state index contributed by atoms with van der Waals surface area (Å²) >= 11 is 0. The number of methoxy groups -OCH3 is 1. The van der Waals surface area contributed by atoms with E-state index in [1.807, 2.05) is 6.92 Å². The van der Waals surface area contributed by atoms with Crippen molar-refractivity contribution in [3.63, 3.8) is 0 Å². The van der Waals surface area contributed by atoms with Crippen molar-refractivity contribution in [1.82, 2.24) is 10.3 Å². The average molecular weight is 533 g/mol. The van der Waals surface area contributed by atoms with Crippen LogP contribution in [0, 0.1) is 5.82 Å². The van der Waals surface area contributed by atoms with E-state index in [1.54, 1.807) is 19.1 Å². The summed E-state index contributed by atoms with van der Waals surface area (Å²) in [6, 6.07) is 6.46. The zero-order valence-electron chi connectivity index (χ0n) is 21.9. The molecule has 2 aromatic rings. The molecule has 1 aromatic heterocycles. The number of nitrogens with one attached hydrogen (secondary N) is 1. The van der Waals surface area contributed by atoms with Gasteiger partial charge in [-0.25, -0.2) is 14.2 Å². The highest BCUT2D eigenvalue weighted by Crippen LogP contribution is 2.30. The van der Waals surface area contributed by atoms with Gasteiger partial charge in [-0.2, -0.15) is 0 Å². The smallest absolute Gasteiger partial charge is 0.329 e. The molecule has 206 valence electrons. The first-order valence-corrected chi connectivity index (χ1v) is 12.4. The molecule has 1 aromatic carbocycles. The van der Waals surface area contributed by atoms with Crippen molar-refractivity contribution in [1.29, 1.82) is 0 Å². The lowest BCUT2D eigenvalue weighted by molar-refractivity contribution is -0.164. The predicted molar refractivity (Wildman–Crippen MR) is 133 cm³/mol. The van der Waals surface area contributed by atoms with Crippen molar-refractivity contribution in [2.45, 2.75) is 64.4 Å². The maximum absolute atomic E-state index is 13.4. The van der Waals surface area contributed by atoms with Gasteiger partial charge in [0, 0.05) is 45.2 Å². The fraction of sp³-hybridized carbons (Fsp3) is 0.481. The van der Waals surface area contributed by atoms with Crippen molar-refractivity contribution < 1.29 is 42.5 Å². The molecule has 1 aliphatic heterocycles. The van der Waals surface area contributed by atoms with Crippen molar-refractivity contribution in [2.24, 2.45) is 0 Å². The number of esters is 2. The quantitative estimate of drug-likeness (QED) is 0.486. The monoisotopic (exact) mass is 532 g/mol. The molecule has 0 bridgehead atoms. The Morgan fingerprint density at radius 2 is 1.95 bits per heavy atom. The average Bonchev–Trinajstić information content (AvgIpc) is 2.93. The van der Waals surface area contributed by atoms with Crippen molar-refractivity contribution in [3.8, 4) is 11.5 Å². The van der Waals surface area contributed by atoms with Gasteiger partial charge in [0.2, 0.25) is 5.75 Å². The standard InChI is InChI=1S/C27H33FN2O8/c1-5-13-36-24-16(2)37-27(33)20(11-14-35-22(24)15-18-6-8-19(28)9-7-18)30-26(32)23-25(38-17(3)31)21(34-4)10-12-29-23/h6-10,12,16,20,22,24H,5,11,13-15H2,1-4H3,(H,30,32)/t16-,20-,22+,24-/m0/s1. The van der Waals surface area contributed by atoms with Gasteiger partial charge in [-0.1, -0.05) is 19.1 Å². The van der Waals surface area contributed by atoms with Crippen molar-refractivity contribution in [2.75, 3.05) is 20.3 Å². The number of aromatic nitrogens is 1. The van der Waals surface area contributed by atoms with E-state index in [-0.39, 0.29) is 36.0 Å². The minimum absolute atomic E-state index is 0.102. The van der Waals surface area contributed by atoms with Gasteiger partial charge in [0.1, 0.15) is 24.1 Å². The van der Waals surface area contributed by atoms with Gasteiger partial charge in [0.15, 0.2) is 11.4 Å². The molecule has 4 atom stereocenters. The third kappa shape index (κ3) is 7.72. The second-order valence-corrected chi connectivity index (χ2v) is 8.82. The highest BCUT2D eigenvalue weighted by atomic mass is 19.1. The Bertz CT molecular complexity index is 1110. The molecule has 2 heterocycles. The van der Waals surface area contributed by atoms with Crippen molar-refractivity contribution >= 4 is 17.8 Å². The summed E-state index contributed by atoms with van der Waals surface area (Å²) in [6.45, 7) is 5.38. The highest BCUT2D eigenvalue weighted by Gasteiger charge is 2.36. The molecule has 11 heteroatoms. The summed E-state index contributed by atoms with van der Waals surface area (Å²) in [5.74, 6) is -2.46. The second kappa shape index (κ2) is 13.8. The van der Waals surface area contributed by atoms with Crippen LogP contribution in [0.5, 0.6) is 11.5 Å². The number of pyridine rings is 1. The number of nitrogens with zero attached hydrogens (tertiary/aromatic N) is 1. The van der Waals surface area contributed by atoms with Gasteiger partial charge < -0.3 is 29.0 Å². The van der Waals surface area contributed by atoms with Gasteiger partial charge in [0.25, 0.3) is 5.91 Å². The maximum atomic E-state index is 13.4. The number of ether oxygens (including phenoxy) is 5. The number of carbonyl (C=O) groups is 3. The number of cyclic esters (lactones) is 1. The number of rotatable bonds is 9. The van der Waals surface area contributed by atoms with E-state index < -0.39 is 42.2 Å². The Kier molecular flexibility index (Phi) is 10.5. The molecule has 0 spiro atoms. The molecule has 1 aliphatic rings. The summed E-state index contributed by atoms with van der Waals surface area (Å²) in [4.78, 5) is 41.8. The highest BCUT2D eigenvalue weighted by molar-refractivity contribution is 5.98. The molecule has 10 nitrogen and oxygen atoms in total. The normalized spacial score (nSPS) is 21.9. The Morgan fingerprint density at radius 3 is 2.61 bits per heavy atom. The minimum Gasteiger partial charge on any atom is -0.493 e. The molecule has 3 rings (SSSR count). The Morgan fingerprint density at radius 1 is 1.21 bits per heavy atom. The third-order valence-electron chi connectivity index (χ3n) is 5.87. The van der Waals surface area contributed by atoms with E-state index in [4.69, 9.17) is 23.7 Å². The molecule has 0 aliphatic carbocycles. The first kappa shape index (κ1) is 29.0. The SMILES string of the molecule is CCCO[C@H]1[C@H](C)OC(=O)[C@@H](NC(=O)c2nccc(OC)c2OC(C)=O)CCO[C@@H]1Cc1ccc(F)cc1. The summed E-state index contributed by atoms with van der Waals surface area (Å²) in [6.07, 6.45) is 0.801. The number of benzene rings is 1. The lowest BCUT2D eigenvalue weighted by atomic mass is 10.0. The molecule has 1 saturated heterocycles. The summed E-state index contributed by atoms with van der Waals surface area (Å²) in [5, 5.41) is 2.61. The lowest BCUT2D eigenvalue weighted by Crippen LogP contribution is -2.46. The second-order valence-electron chi connectivity index (χ2n) is 8.82. The summed E-state index contributed by atoms with van der Waals surface area (Å²) in [5.41, 5.74) is 0.616. The Labute approximate surface area is 220 Å². The van der Waals surface area contributed by atoms with Crippen LogP contribution in [0.15, 0.2) is 36.5 Å². The summed E-state index contributed by atoms with van der Waals surface area (Å²) < 4.78 is 41.6. The van der Waals surface area contributed by atoms with Crippen LogP contribution in [0.3, 0.4) is 0 Å². The van der Waals surface area contributed by atoms with Crippen LogP contribution in [0.2, 0.25) is 0 Å². The van der Waals surface area contributed by atoms with Gasteiger partial charge in [-0.05, 0) is 31.0 Å². The van der Waals surface area contributed by atoms with E-state index in [0.717, 1.165) is 12.0 Å². The molecule has 1 amide bonds. The third-order valence-corrected chi connectivity index (χ3v) is 5.87. The van der Waals surface area contributed by atoms with Gasteiger partial charge in [-0.3, -0.25) is 9.59 Å². The molecular weight excluding hydrogens is 499 g/mol. The Hall–Kier alpha value is -3.57. The molecule has 0 radical (unpaired) electrons. The molecule has 1 N–H and O–H groups in total. The molecule has 1 fully saturated rings. The molecule has 38 heavy (non-hydrogen) atoms. The first-order chi connectivity index (χ1) is 18.2. The maximum Gasteiger partial charge on any atom is 0.329 e. The van der Waals surface area contributed by atoms with Crippen LogP contribution in [0.4, 0.5) is 4.39 Å². The van der Waals surface area contributed by atoms with E-state index in [9.17, 15) is 18.8 Å². The molecule has 0 unspecified atom stereocenters. The molecule has 0 saturated carbocycles. The number of hydrogen-bond acceptors (Lipinski definition) is 9. The minimum atomic E-state index is -1.07. The van der Waals surface area contributed by atoms with Gasteiger partial charge in [0.05, 0.1) is 13.2 Å². The van der Waals surface area contributed by atoms with E-state index in [1.165, 1.54) is 38.4 Å². The van der Waals surface area contributed by atoms with Crippen LogP contribution < -0.4 is 14.8 Å². The summed E-state index contributed by atoms with van der Waals surface area (Å²) in [7, 11) is 1.36. The van der Waals surface area contributed by atoms with Crippen LogP contribution in [0.1, 0.15) is 49.7 Å². The van der Waals surface area contributed by atoms with Crippen LogP contribution in [0.25, 0.3) is 0 Å². The number of hydrogen-bond donors (Lipinski definition) is 1. The largest absolute Gasteiger partial charge is 0.493 e. The number of halogens is 1. The van der Waals surface area contributed by atoms with Crippen LogP contribution >= 0.6 is 0 Å². The predicted octanol–water partition coefficient (Wildman–Crippen LogP) is 3.01. The van der Waals surface area contributed by atoms with E-state index in [0.29, 0.717) is 13.0 Å². The zero-order valence-corrected chi connectivity index (χ0v) is 21.9. The number of carbonyl (C=O) groups excluding carboxylic acids is 3. The fourth-order valence-electron chi connectivity index (χ4n) is 4.06. The van der Waals surface area contributed by atoms with Gasteiger partial charge >= 0.3 is 11.9 Å². The van der Waals surface area contributed by atoms with Crippen molar-refractivity contribution in [3.05, 3.63) is 53.6 Å². The first-order valence-electron chi connectivity index (χ1n) is 12.4. The van der Waals surface area contributed by atoms with Gasteiger partial charge in [-0.15, -0.1) is 0 Å². The number of amides is 1. The van der Waals surface area contributed by atoms with Crippen LogP contribution in [-0.4, -0.2) is 67.5 Å². The topological polar surface area (TPSA) is 122 Å². The zero-order chi connectivity index (χ0) is 27.7. The fourth-order valence-corrected chi connectivity index (χ4v) is 4.06. The van der Waals surface area contributed by atoms with E-state index in [2.05, 4.69) is 10.3 Å².